The molecule has 0 heterocycles. The molecule has 0 aromatic heterocycles. The number of anilines is 1. The molecule has 0 unspecified atom stereocenters. The van der Waals surface area contributed by atoms with Crippen LogP contribution >= 0.6 is 24.0 Å². The number of hydrogen-bond acceptors (Lipinski definition) is 3. The van der Waals surface area contributed by atoms with E-state index in [9.17, 15) is 0 Å². The lowest BCUT2D eigenvalue weighted by molar-refractivity contribution is 0.0610. The number of halogens is 1. The fourth-order valence-corrected chi connectivity index (χ4v) is 2.93. The van der Waals surface area contributed by atoms with Crippen LogP contribution in [0.25, 0.3) is 0 Å². The average molecular weight is 461 g/mol. The molecule has 0 radical (unpaired) electrons. The van der Waals surface area contributed by atoms with Gasteiger partial charge in [-0.15, -0.1) is 24.0 Å². The first-order valence-electron chi connectivity index (χ1n) is 8.94. The number of ether oxygens (including phenoxy) is 2. The van der Waals surface area contributed by atoms with Crippen LogP contribution in [0.4, 0.5) is 5.69 Å². The van der Waals surface area contributed by atoms with Crippen molar-refractivity contribution in [3.8, 4) is 5.75 Å². The van der Waals surface area contributed by atoms with Gasteiger partial charge in [0.05, 0.1) is 6.10 Å². The van der Waals surface area contributed by atoms with E-state index < -0.39 is 0 Å². The third-order valence-electron chi connectivity index (χ3n) is 4.48. The Balaban J connectivity index is 0.00000312. The largest absolute Gasteiger partial charge is 0.491 e. The van der Waals surface area contributed by atoms with Crippen LogP contribution in [0.15, 0.2) is 29.3 Å². The van der Waals surface area contributed by atoms with Crippen molar-refractivity contribution in [2.45, 2.75) is 52.6 Å². The van der Waals surface area contributed by atoms with Gasteiger partial charge in [0.2, 0.25) is 0 Å². The Hall–Kier alpha value is -1.02. The quantitative estimate of drug-likeness (QED) is 0.247. The Morgan fingerprint density at radius 1 is 1.28 bits per heavy atom. The third kappa shape index (κ3) is 7.40. The molecule has 25 heavy (non-hydrogen) atoms. The second-order valence-corrected chi connectivity index (χ2v) is 6.82. The Kier molecular flexibility index (Phi) is 9.56. The van der Waals surface area contributed by atoms with Gasteiger partial charge in [0.15, 0.2) is 5.96 Å². The fourth-order valence-electron chi connectivity index (χ4n) is 2.93. The van der Waals surface area contributed by atoms with Crippen molar-refractivity contribution in [3.63, 3.8) is 0 Å². The maximum Gasteiger partial charge on any atom is 0.193 e. The molecule has 2 rings (SSSR count). The predicted octanol–water partition coefficient (Wildman–Crippen LogP) is 4.42. The molecular weight excluding hydrogens is 429 g/mol. The van der Waals surface area contributed by atoms with E-state index in [2.05, 4.69) is 10.3 Å². The van der Waals surface area contributed by atoms with Gasteiger partial charge in [-0.1, -0.05) is 6.42 Å². The van der Waals surface area contributed by atoms with Gasteiger partial charge < -0.3 is 20.5 Å². The number of guanidine groups is 1. The Morgan fingerprint density at radius 3 is 2.48 bits per heavy atom. The van der Waals surface area contributed by atoms with Crippen LogP contribution in [0, 0.1) is 5.41 Å². The highest BCUT2D eigenvalue weighted by Crippen LogP contribution is 2.44. The summed E-state index contributed by atoms with van der Waals surface area (Å²) in [4.78, 5) is 4.56. The van der Waals surface area contributed by atoms with E-state index in [0.29, 0.717) is 5.96 Å². The van der Waals surface area contributed by atoms with E-state index in [1.165, 1.54) is 19.3 Å². The van der Waals surface area contributed by atoms with Crippen molar-refractivity contribution < 1.29 is 9.47 Å². The van der Waals surface area contributed by atoms with E-state index in [0.717, 1.165) is 37.6 Å². The summed E-state index contributed by atoms with van der Waals surface area (Å²) in [5, 5.41) is 3.15. The van der Waals surface area contributed by atoms with Gasteiger partial charge in [-0.05, 0) is 69.7 Å². The highest BCUT2D eigenvalue weighted by molar-refractivity contribution is 14.0. The monoisotopic (exact) mass is 461 g/mol. The molecule has 0 amide bonds. The average Bonchev–Trinajstić information content (AvgIpc) is 2.50. The summed E-state index contributed by atoms with van der Waals surface area (Å²) < 4.78 is 11.1. The van der Waals surface area contributed by atoms with Gasteiger partial charge in [0, 0.05) is 25.4 Å². The van der Waals surface area contributed by atoms with Gasteiger partial charge in [-0.2, -0.15) is 0 Å². The Bertz CT molecular complexity index is 528. The van der Waals surface area contributed by atoms with Gasteiger partial charge in [-0.25, -0.2) is 0 Å². The molecule has 5 nitrogen and oxygen atoms in total. The van der Waals surface area contributed by atoms with Crippen LogP contribution in [0.2, 0.25) is 0 Å². The third-order valence-corrected chi connectivity index (χ3v) is 4.48. The minimum absolute atomic E-state index is 0. The molecule has 1 aromatic rings. The van der Waals surface area contributed by atoms with Gasteiger partial charge in [0.25, 0.3) is 0 Å². The minimum atomic E-state index is 0. The topological polar surface area (TPSA) is 68.9 Å². The summed E-state index contributed by atoms with van der Waals surface area (Å²) >= 11 is 0. The normalized spacial score (nSPS) is 16.1. The summed E-state index contributed by atoms with van der Waals surface area (Å²) in [7, 11) is 0. The lowest BCUT2D eigenvalue weighted by Gasteiger charge is -2.40. The standard InChI is InChI=1S/C19H31N3O2.HI/c1-4-23-13-12-19(10-5-11-19)14-21-18(20)22-16-6-8-17(9-7-16)24-15(2)3;/h6-9,15H,4-5,10-14H2,1-3H3,(H3,20,21,22);1H. The second-order valence-electron chi connectivity index (χ2n) is 6.82. The number of aliphatic imine (C=N–C) groups is 1. The molecule has 1 aromatic carbocycles. The molecule has 6 heteroatoms. The molecule has 0 saturated heterocycles. The number of hydrogen-bond donors (Lipinski definition) is 2. The number of nitrogens with one attached hydrogen (secondary N) is 1. The molecule has 0 atom stereocenters. The first kappa shape index (κ1) is 22.0. The molecule has 0 bridgehead atoms. The molecule has 1 saturated carbocycles. The van der Waals surface area contributed by atoms with Crippen LogP contribution < -0.4 is 15.8 Å². The zero-order chi connectivity index (χ0) is 17.4. The lowest BCUT2D eigenvalue weighted by atomic mass is 9.67. The zero-order valence-electron chi connectivity index (χ0n) is 15.6. The van der Waals surface area contributed by atoms with Crippen LogP contribution in [0.3, 0.4) is 0 Å². The Labute approximate surface area is 168 Å². The van der Waals surface area contributed by atoms with Gasteiger partial charge >= 0.3 is 0 Å². The van der Waals surface area contributed by atoms with E-state index in [1.54, 1.807) is 0 Å². The first-order chi connectivity index (χ1) is 11.5. The molecular formula is C19H32IN3O2. The predicted molar refractivity (Wildman–Crippen MR) is 115 cm³/mol. The molecule has 1 aliphatic carbocycles. The molecule has 1 fully saturated rings. The zero-order valence-corrected chi connectivity index (χ0v) is 17.9. The minimum Gasteiger partial charge on any atom is -0.491 e. The highest BCUT2D eigenvalue weighted by Gasteiger charge is 2.36. The van der Waals surface area contributed by atoms with E-state index >= 15 is 0 Å². The number of benzene rings is 1. The summed E-state index contributed by atoms with van der Waals surface area (Å²) in [5.41, 5.74) is 7.25. The van der Waals surface area contributed by atoms with Crippen LogP contribution in [0.1, 0.15) is 46.5 Å². The fraction of sp³-hybridized carbons (Fsp3) is 0.632. The van der Waals surface area contributed by atoms with Crippen LogP contribution in [-0.2, 0) is 4.74 Å². The molecule has 0 aliphatic heterocycles. The van der Waals surface area contributed by atoms with Gasteiger partial charge in [0.1, 0.15) is 5.75 Å². The maximum atomic E-state index is 6.04. The van der Waals surface area contributed by atoms with Crippen LogP contribution in [-0.4, -0.2) is 31.8 Å². The van der Waals surface area contributed by atoms with Gasteiger partial charge in [-0.3, -0.25) is 4.99 Å². The van der Waals surface area contributed by atoms with E-state index in [1.807, 2.05) is 45.0 Å². The second kappa shape index (κ2) is 10.9. The summed E-state index contributed by atoms with van der Waals surface area (Å²) in [6.45, 7) is 8.42. The Morgan fingerprint density at radius 2 is 1.96 bits per heavy atom. The van der Waals surface area contributed by atoms with Crippen molar-refractivity contribution in [2.75, 3.05) is 25.1 Å². The van der Waals surface area contributed by atoms with Crippen molar-refractivity contribution in [2.24, 2.45) is 16.1 Å². The molecule has 142 valence electrons. The molecule has 1 aliphatic rings. The SMILES string of the molecule is CCOCCC1(CN=C(N)Nc2ccc(OC(C)C)cc2)CCC1.I. The van der Waals surface area contributed by atoms with Crippen molar-refractivity contribution >= 4 is 35.6 Å². The maximum absolute atomic E-state index is 6.04. The summed E-state index contributed by atoms with van der Waals surface area (Å²) in [6, 6.07) is 7.78. The number of nitrogens with zero attached hydrogens (tertiary/aromatic N) is 1. The molecule has 0 spiro atoms. The van der Waals surface area contributed by atoms with Crippen LogP contribution in [0.5, 0.6) is 5.75 Å². The molecule has 3 N–H and O–H groups in total. The number of rotatable bonds is 9. The smallest absolute Gasteiger partial charge is 0.193 e. The van der Waals surface area contributed by atoms with E-state index in [4.69, 9.17) is 15.2 Å². The van der Waals surface area contributed by atoms with Crippen molar-refractivity contribution in [3.05, 3.63) is 24.3 Å². The highest BCUT2D eigenvalue weighted by atomic mass is 127. The summed E-state index contributed by atoms with van der Waals surface area (Å²) in [5.74, 6) is 1.32. The first-order valence-corrected chi connectivity index (χ1v) is 8.94. The van der Waals surface area contributed by atoms with Crippen molar-refractivity contribution in [1.29, 1.82) is 0 Å². The van der Waals surface area contributed by atoms with Crippen molar-refractivity contribution in [1.82, 2.24) is 0 Å². The summed E-state index contributed by atoms with van der Waals surface area (Å²) in [6.07, 6.45) is 4.97. The number of nitrogens with two attached hydrogens (primary N) is 1. The lowest BCUT2D eigenvalue weighted by Crippen LogP contribution is -2.35. The van der Waals surface area contributed by atoms with E-state index in [-0.39, 0.29) is 35.5 Å².